The molecule has 0 bridgehead atoms. The summed E-state index contributed by atoms with van der Waals surface area (Å²) < 4.78 is 7.15. The van der Waals surface area contributed by atoms with E-state index in [0.29, 0.717) is 6.54 Å². The molecule has 1 amide bonds. The van der Waals surface area contributed by atoms with Crippen LogP contribution in [0.3, 0.4) is 0 Å². The number of likely N-dealkylation sites (N-methyl/N-ethyl adjacent to an activating group) is 1. The maximum absolute atomic E-state index is 11.7. The molecule has 1 aromatic carbocycles. The number of halogens is 2. The number of ether oxygens (including phenoxy) is 1. The SMILES string of the molecule is CNCC(=O)N1CCC(Oc2ccccc2I)CC1.Cl. The van der Waals surface area contributed by atoms with E-state index in [-0.39, 0.29) is 24.4 Å². The minimum atomic E-state index is 0. The zero-order valence-corrected chi connectivity index (χ0v) is 14.4. The Morgan fingerprint density at radius 2 is 2.05 bits per heavy atom. The summed E-state index contributed by atoms with van der Waals surface area (Å²) in [5, 5.41) is 2.90. The lowest BCUT2D eigenvalue weighted by Gasteiger charge is -2.32. The summed E-state index contributed by atoms with van der Waals surface area (Å²) in [6.45, 7) is 1.99. The number of likely N-dealkylation sites (tertiary alicyclic amines) is 1. The van der Waals surface area contributed by atoms with E-state index in [1.165, 1.54) is 0 Å². The third-order valence-corrected chi connectivity index (χ3v) is 4.14. The van der Waals surface area contributed by atoms with Crippen LogP contribution in [-0.2, 0) is 4.79 Å². The van der Waals surface area contributed by atoms with Gasteiger partial charge in [0.15, 0.2) is 0 Å². The Morgan fingerprint density at radius 1 is 1.40 bits per heavy atom. The second kappa shape index (κ2) is 8.69. The first kappa shape index (κ1) is 17.5. The first-order valence-corrected chi connectivity index (χ1v) is 7.62. The average molecular weight is 411 g/mol. The molecule has 2 rings (SSSR count). The van der Waals surface area contributed by atoms with Gasteiger partial charge in [-0.3, -0.25) is 4.79 Å². The number of rotatable bonds is 4. The molecule has 0 spiro atoms. The number of nitrogens with zero attached hydrogens (tertiary/aromatic N) is 1. The van der Waals surface area contributed by atoms with Gasteiger partial charge in [-0.05, 0) is 41.8 Å². The molecule has 0 aromatic heterocycles. The molecule has 0 saturated carbocycles. The number of nitrogens with one attached hydrogen (secondary N) is 1. The Morgan fingerprint density at radius 3 is 2.65 bits per heavy atom. The minimum Gasteiger partial charge on any atom is -0.489 e. The molecule has 6 heteroatoms. The number of amides is 1. The molecule has 1 saturated heterocycles. The molecular weight excluding hydrogens is 391 g/mol. The molecule has 4 nitrogen and oxygen atoms in total. The third-order valence-electron chi connectivity index (χ3n) is 3.25. The van der Waals surface area contributed by atoms with Crippen molar-refractivity contribution in [3.63, 3.8) is 0 Å². The van der Waals surface area contributed by atoms with Gasteiger partial charge in [0, 0.05) is 25.9 Å². The van der Waals surface area contributed by atoms with Crippen LogP contribution >= 0.6 is 35.0 Å². The number of carbonyl (C=O) groups excluding carboxylic acids is 1. The first-order valence-electron chi connectivity index (χ1n) is 6.54. The summed E-state index contributed by atoms with van der Waals surface area (Å²) in [5.74, 6) is 1.12. The van der Waals surface area contributed by atoms with Crippen LogP contribution in [0.5, 0.6) is 5.75 Å². The normalized spacial score (nSPS) is 15.6. The highest BCUT2D eigenvalue weighted by Gasteiger charge is 2.23. The molecule has 0 aliphatic carbocycles. The van der Waals surface area contributed by atoms with Gasteiger partial charge in [0.25, 0.3) is 0 Å². The monoisotopic (exact) mass is 410 g/mol. The van der Waals surface area contributed by atoms with E-state index in [2.05, 4.69) is 27.9 Å². The fourth-order valence-corrected chi connectivity index (χ4v) is 2.72. The van der Waals surface area contributed by atoms with Gasteiger partial charge >= 0.3 is 0 Å². The average Bonchev–Trinajstić information content (AvgIpc) is 2.42. The largest absolute Gasteiger partial charge is 0.489 e. The third kappa shape index (κ3) is 4.79. The van der Waals surface area contributed by atoms with E-state index < -0.39 is 0 Å². The Hall–Kier alpha value is -0.530. The lowest BCUT2D eigenvalue weighted by molar-refractivity contribution is -0.131. The Balaban J connectivity index is 0.00000200. The summed E-state index contributed by atoms with van der Waals surface area (Å²) in [6.07, 6.45) is 2.02. The van der Waals surface area contributed by atoms with Crippen molar-refractivity contribution < 1.29 is 9.53 Å². The quantitative estimate of drug-likeness (QED) is 0.775. The number of piperidine rings is 1. The number of carbonyl (C=O) groups is 1. The zero-order valence-electron chi connectivity index (χ0n) is 11.5. The Labute approximate surface area is 139 Å². The Kier molecular flexibility index (Phi) is 7.61. The van der Waals surface area contributed by atoms with Crippen LogP contribution in [0.4, 0.5) is 0 Å². The molecule has 1 aromatic rings. The summed E-state index contributed by atoms with van der Waals surface area (Å²) in [7, 11) is 1.80. The highest BCUT2D eigenvalue weighted by molar-refractivity contribution is 14.1. The van der Waals surface area contributed by atoms with Crippen LogP contribution < -0.4 is 10.1 Å². The Bertz CT molecular complexity index is 437. The number of para-hydroxylation sites is 1. The van der Waals surface area contributed by atoms with Gasteiger partial charge in [-0.1, -0.05) is 12.1 Å². The topological polar surface area (TPSA) is 41.6 Å². The molecule has 20 heavy (non-hydrogen) atoms. The molecule has 1 fully saturated rings. The number of benzene rings is 1. The van der Waals surface area contributed by atoms with Gasteiger partial charge in [-0.2, -0.15) is 0 Å². The first-order chi connectivity index (χ1) is 9.20. The molecular formula is C14H20ClIN2O2. The number of hydrogen-bond donors (Lipinski definition) is 1. The number of hydrogen-bond acceptors (Lipinski definition) is 3. The molecule has 1 aliphatic rings. The van der Waals surface area contributed by atoms with Gasteiger partial charge in [0.2, 0.25) is 5.91 Å². The highest BCUT2D eigenvalue weighted by Crippen LogP contribution is 2.24. The molecule has 112 valence electrons. The molecule has 0 radical (unpaired) electrons. The lowest BCUT2D eigenvalue weighted by atomic mass is 10.1. The van der Waals surface area contributed by atoms with E-state index in [4.69, 9.17) is 4.74 Å². The van der Waals surface area contributed by atoms with Gasteiger partial charge < -0.3 is 15.0 Å². The molecule has 1 N–H and O–H groups in total. The van der Waals surface area contributed by atoms with Crippen molar-refractivity contribution in [2.24, 2.45) is 0 Å². The van der Waals surface area contributed by atoms with E-state index in [1.54, 1.807) is 7.05 Å². The fraction of sp³-hybridized carbons (Fsp3) is 0.500. The van der Waals surface area contributed by atoms with Crippen LogP contribution in [0, 0.1) is 3.57 Å². The van der Waals surface area contributed by atoms with E-state index in [1.807, 2.05) is 29.2 Å². The summed E-state index contributed by atoms with van der Waals surface area (Å²) in [6, 6.07) is 8.04. The second-order valence-electron chi connectivity index (χ2n) is 4.66. The highest BCUT2D eigenvalue weighted by atomic mass is 127. The smallest absolute Gasteiger partial charge is 0.236 e. The van der Waals surface area contributed by atoms with E-state index in [0.717, 1.165) is 35.3 Å². The summed E-state index contributed by atoms with van der Waals surface area (Å²) in [5.41, 5.74) is 0. The van der Waals surface area contributed by atoms with Crippen LogP contribution in [0.15, 0.2) is 24.3 Å². The standard InChI is InChI=1S/C14H19IN2O2.ClH/c1-16-10-14(18)17-8-6-11(7-9-17)19-13-5-3-2-4-12(13)15;/h2-5,11,16H,6-10H2,1H3;1H. The molecule has 1 heterocycles. The van der Waals surface area contributed by atoms with Crippen molar-refractivity contribution in [2.75, 3.05) is 26.7 Å². The second-order valence-corrected chi connectivity index (χ2v) is 5.82. The van der Waals surface area contributed by atoms with Crippen molar-refractivity contribution in [1.82, 2.24) is 10.2 Å². The predicted octanol–water partition coefficient (Wildman–Crippen LogP) is 2.30. The van der Waals surface area contributed by atoms with Gasteiger partial charge in [0.1, 0.15) is 11.9 Å². The van der Waals surface area contributed by atoms with Crippen molar-refractivity contribution >= 4 is 40.9 Å². The molecule has 0 unspecified atom stereocenters. The zero-order chi connectivity index (χ0) is 13.7. The van der Waals surface area contributed by atoms with Crippen LogP contribution in [-0.4, -0.2) is 43.6 Å². The summed E-state index contributed by atoms with van der Waals surface area (Å²) in [4.78, 5) is 13.6. The van der Waals surface area contributed by atoms with Crippen LogP contribution in [0.25, 0.3) is 0 Å². The van der Waals surface area contributed by atoms with Crippen molar-refractivity contribution in [1.29, 1.82) is 0 Å². The van der Waals surface area contributed by atoms with E-state index in [9.17, 15) is 4.79 Å². The van der Waals surface area contributed by atoms with E-state index >= 15 is 0 Å². The van der Waals surface area contributed by atoms with Crippen LogP contribution in [0.2, 0.25) is 0 Å². The van der Waals surface area contributed by atoms with Crippen molar-refractivity contribution in [3.05, 3.63) is 27.8 Å². The van der Waals surface area contributed by atoms with Crippen LogP contribution in [0.1, 0.15) is 12.8 Å². The van der Waals surface area contributed by atoms with Crippen molar-refractivity contribution in [3.8, 4) is 5.75 Å². The predicted molar refractivity (Wildman–Crippen MR) is 90.6 cm³/mol. The lowest BCUT2D eigenvalue weighted by Crippen LogP contribution is -2.44. The maximum Gasteiger partial charge on any atom is 0.236 e. The van der Waals surface area contributed by atoms with Gasteiger partial charge in [-0.15, -0.1) is 12.4 Å². The fourth-order valence-electron chi connectivity index (χ4n) is 2.21. The van der Waals surface area contributed by atoms with Crippen molar-refractivity contribution in [2.45, 2.75) is 18.9 Å². The maximum atomic E-state index is 11.7. The molecule has 1 aliphatic heterocycles. The summed E-state index contributed by atoms with van der Waals surface area (Å²) >= 11 is 2.28. The molecule has 0 atom stereocenters. The van der Waals surface area contributed by atoms with Gasteiger partial charge in [0.05, 0.1) is 10.1 Å². The van der Waals surface area contributed by atoms with Gasteiger partial charge in [-0.25, -0.2) is 0 Å². The minimum absolute atomic E-state index is 0.